The molecule has 2 aromatic heterocycles. The van der Waals surface area contributed by atoms with Crippen LogP contribution in [0.25, 0.3) is 11.3 Å². The zero-order chi connectivity index (χ0) is 29.0. The molecule has 1 aliphatic carbocycles. The molecule has 0 unspecified atom stereocenters. The molecule has 0 radical (unpaired) electrons. The van der Waals surface area contributed by atoms with Crippen molar-refractivity contribution in [3.63, 3.8) is 0 Å². The number of fused-ring (bicyclic) bond motifs is 1. The Morgan fingerprint density at radius 1 is 1.29 bits per heavy atom. The summed E-state index contributed by atoms with van der Waals surface area (Å²) < 4.78 is 19.8. The number of halogens is 1. The molecule has 10 heteroatoms. The van der Waals surface area contributed by atoms with Crippen molar-refractivity contribution in [2.24, 2.45) is 0 Å². The molecular formula is C31H33FN6O3. The third-order valence-electron chi connectivity index (χ3n) is 7.23. The van der Waals surface area contributed by atoms with Gasteiger partial charge in [-0.05, 0) is 51.6 Å². The molecule has 3 heterocycles. The number of aromatic nitrogens is 2. The Kier molecular flexibility index (Phi) is 8.08. The molecule has 212 valence electrons. The number of ether oxygens (including phenoxy) is 1. The number of aromatic amines is 1. The molecule has 1 fully saturated rings. The first-order chi connectivity index (χ1) is 19.8. The van der Waals surface area contributed by atoms with Crippen LogP contribution in [0.15, 0.2) is 48.8 Å². The summed E-state index contributed by atoms with van der Waals surface area (Å²) >= 11 is 0. The van der Waals surface area contributed by atoms with Crippen LogP contribution in [0, 0.1) is 17.7 Å². The van der Waals surface area contributed by atoms with Gasteiger partial charge in [0.25, 0.3) is 5.91 Å². The lowest BCUT2D eigenvalue weighted by atomic mass is 9.77. The number of carbonyl (C=O) groups excluding carboxylic acids is 2. The number of benzene rings is 1. The number of anilines is 2. The first-order valence-corrected chi connectivity index (χ1v) is 13.5. The molecule has 2 aliphatic rings. The van der Waals surface area contributed by atoms with E-state index in [-0.39, 0.29) is 17.6 Å². The second-order valence-corrected chi connectivity index (χ2v) is 10.4. The van der Waals surface area contributed by atoms with Gasteiger partial charge in [0.15, 0.2) is 11.6 Å². The molecule has 0 atom stereocenters. The molecule has 4 N–H and O–H groups in total. The molecule has 0 saturated heterocycles. The standard InChI is InChI=1S/C31H33FN6O3/c1-38(2)18-5-9-25(39)37-31(13-6-14-31)15-10-20-19-33-16-11-21(20)27-28(26-23(35-27)12-17-34-30(26)40)36-24-8-4-7-22(32)29(24)41-3/h4-5,7-9,11,16,19,35-36H,6,12-14,17-18H2,1-3H3,(H,34,40)(H,37,39)/b9-5+. The van der Waals surface area contributed by atoms with E-state index in [9.17, 15) is 14.0 Å². The SMILES string of the molecule is COc1c(F)cccc1Nc1c(-c2ccncc2C#CC2(NC(=O)/C=C/CN(C)C)CCC2)[nH]c2c1C(=O)NCC2. The van der Waals surface area contributed by atoms with Crippen LogP contribution in [0.1, 0.15) is 40.9 Å². The summed E-state index contributed by atoms with van der Waals surface area (Å²) in [6, 6.07) is 6.40. The van der Waals surface area contributed by atoms with E-state index in [1.165, 1.54) is 13.2 Å². The second-order valence-electron chi connectivity index (χ2n) is 10.4. The Morgan fingerprint density at radius 2 is 2.12 bits per heavy atom. The lowest BCUT2D eigenvalue weighted by Gasteiger charge is -2.37. The van der Waals surface area contributed by atoms with E-state index in [1.54, 1.807) is 30.6 Å². The molecular weight excluding hydrogens is 523 g/mol. The van der Waals surface area contributed by atoms with Crippen molar-refractivity contribution in [1.29, 1.82) is 0 Å². The minimum Gasteiger partial charge on any atom is -0.492 e. The molecule has 1 saturated carbocycles. The maximum absolute atomic E-state index is 14.5. The number of nitrogens with one attached hydrogen (secondary N) is 4. The third-order valence-corrected chi connectivity index (χ3v) is 7.23. The van der Waals surface area contributed by atoms with Crippen LogP contribution in [0.2, 0.25) is 0 Å². The first-order valence-electron chi connectivity index (χ1n) is 13.5. The van der Waals surface area contributed by atoms with Crippen molar-refractivity contribution in [3.05, 3.63) is 71.4 Å². The van der Waals surface area contributed by atoms with Crippen molar-refractivity contribution >= 4 is 23.2 Å². The van der Waals surface area contributed by atoms with Gasteiger partial charge in [-0.15, -0.1) is 0 Å². The monoisotopic (exact) mass is 556 g/mol. The molecule has 41 heavy (non-hydrogen) atoms. The molecule has 3 aromatic rings. The highest BCUT2D eigenvalue weighted by Crippen LogP contribution is 2.40. The summed E-state index contributed by atoms with van der Waals surface area (Å²) in [7, 11) is 5.28. The Bertz CT molecular complexity index is 1560. The zero-order valence-electron chi connectivity index (χ0n) is 23.4. The smallest absolute Gasteiger partial charge is 0.255 e. The largest absolute Gasteiger partial charge is 0.492 e. The van der Waals surface area contributed by atoms with Crippen LogP contribution in [0.3, 0.4) is 0 Å². The van der Waals surface area contributed by atoms with Crippen LogP contribution in [-0.2, 0) is 11.2 Å². The van der Waals surface area contributed by atoms with Crippen molar-refractivity contribution in [3.8, 4) is 28.8 Å². The first kappa shape index (κ1) is 27.9. The molecule has 0 spiro atoms. The van der Waals surface area contributed by atoms with Crippen molar-refractivity contribution in [2.75, 3.05) is 39.6 Å². The summed E-state index contributed by atoms with van der Waals surface area (Å²) in [6.45, 7) is 1.17. The van der Waals surface area contributed by atoms with Gasteiger partial charge in [-0.1, -0.05) is 24.0 Å². The van der Waals surface area contributed by atoms with E-state index in [4.69, 9.17) is 4.74 Å². The highest BCUT2D eigenvalue weighted by molar-refractivity contribution is 6.06. The van der Waals surface area contributed by atoms with E-state index in [1.807, 2.05) is 31.1 Å². The Hall–Kier alpha value is -4.62. The Balaban J connectivity index is 1.53. The average molecular weight is 557 g/mol. The topological polar surface area (TPSA) is 111 Å². The van der Waals surface area contributed by atoms with Gasteiger partial charge in [-0.2, -0.15) is 0 Å². The lowest BCUT2D eigenvalue weighted by molar-refractivity contribution is -0.118. The number of nitrogens with zero attached hydrogens (tertiary/aromatic N) is 2. The van der Waals surface area contributed by atoms with E-state index in [0.29, 0.717) is 47.7 Å². The average Bonchev–Trinajstić information content (AvgIpc) is 3.29. The normalized spacial score (nSPS) is 15.4. The number of pyridine rings is 1. The van der Waals surface area contributed by atoms with Gasteiger partial charge in [-0.25, -0.2) is 4.39 Å². The fraction of sp³-hybridized carbons (Fsp3) is 0.323. The van der Waals surface area contributed by atoms with Crippen LogP contribution < -0.4 is 20.7 Å². The minimum absolute atomic E-state index is 0.0432. The predicted octanol–water partition coefficient (Wildman–Crippen LogP) is 3.76. The Morgan fingerprint density at radius 3 is 2.85 bits per heavy atom. The van der Waals surface area contributed by atoms with E-state index in [0.717, 1.165) is 30.5 Å². The summed E-state index contributed by atoms with van der Waals surface area (Å²) in [6.07, 6.45) is 9.78. The van der Waals surface area contributed by atoms with E-state index >= 15 is 0 Å². The van der Waals surface area contributed by atoms with Crippen LogP contribution in [-0.4, -0.2) is 66.5 Å². The van der Waals surface area contributed by atoms with Gasteiger partial charge in [0, 0.05) is 49.2 Å². The van der Waals surface area contributed by atoms with Crippen LogP contribution in [0.5, 0.6) is 5.75 Å². The van der Waals surface area contributed by atoms with Crippen LogP contribution in [0.4, 0.5) is 15.8 Å². The van der Waals surface area contributed by atoms with E-state index in [2.05, 4.69) is 37.8 Å². The summed E-state index contributed by atoms with van der Waals surface area (Å²) in [5.74, 6) is 5.68. The summed E-state index contributed by atoms with van der Waals surface area (Å²) in [5, 5.41) is 9.22. The summed E-state index contributed by atoms with van der Waals surface area (Å²) in [5.41, 5.74) is 3.47. The number of hydrogen-bond acceptors (Lipinski definition) is 6. The number of amides is 2. The highest BCUT2D eigenvalue weighted by atomic mass is 19.1. The molecule has 1 aromatic carbocycles. The molecule has 1 aliphatic heterocycles. The number of hydrogen-bond donors (Lipinski definition) is 4. The molecule has 9 nitrogen and oxygen atoms in total. The summed E-state index contributed by atoms with van der Waals surface area (Å²) in [4.78, 5) is 35.3. The van der Waals surface area contributed by atoms with Gasteiger partial charge in [0.1, 0.15) is 5.54 Å². The maximum atomic E-state index is 14.5. The van der Waals surface area contributed by atoms with Crippen LogP contribution >= 0.6 is 0 Å². The van der Waals surface area contributed by atoms with Gasteiger partial charge in [-0.3, -0.25) is 14.6 Å². The van der Waals surface area contributed by atoms with Gasteiger partial charge < -0.3 is 30.6 Å². The molecule has 0 bridgehead atoms. The van der Waals surface area contributed by atoms with Crippen molar-refractivity contribution in [1.82, 2.24) is 25.5 Å². The predicted molar refractivity (Wildman–Crippen MR) is 156 cm³/mol. The number of methoxy groups -OCH3 is 1. The van der Waals surface area contributed by atoms with E-state index < -0.39 is 11.4 Å². The fourth-order valence-corrected chi connectivity index (χ4v) is 5.01. The van der Waals surface area contributed by atoms with Crippen molar-refractivity contribution in [2.45, 2.75) is 31.2 Å². The fourth-order valence-electron chi connectivity index (χ4n) is 5.01. The molecule has 5 rings (SSSR count). The van der Waals surface area contributed by atoms with Gasteiger partial charge in [0.05, 0.1) is 35.3 Å². The lowest BCUT2D eigenvalue weighted by Crippen LogP contribution is -2.52. The number of likely N-dealkylation sites (N-methyl/N-ethyl adjacent to an activating group) is 1. The third kappa shape index (κ3) is 5.95. The minimum atomic E-state index is -0.614. The quantitative estimate of drug-likeness (QED) is 0.248. The number of para-hydroxylation sites is 1. The number of H-pyrrole nitrogens is 1. The van der Waals surface area contributed by atoms with Gasteiger partial charge in [0.2, 0.25) is 5.91 Å². The second kappa shape index (κ2) is 11.9. The van der Waals surface area contributed by atoms with Crippen molar-refractivity contribution < 1.29 is 18.7 Å². The molecule has 2 amide bonds. The maximum Gasteiger partial charge on any atom is 0.255 e. The zero-order valence-corrected chi connectivity index (χ0v) is 23.4. The number of rotatable bonds is 8. The Labute approximate surface area is 238 Å². The highest BCUT2D eigenvalue weighted by Gasteiger charge is 2.36. The van der Waals surface area contributed by atoms with Gasteiger partial charge >= 0.3 is 0 Å². The number of carbonyl (C=O) groups is 2.